The molecule has 1 aromatic heterocycles. The Morgan fingerprint density at radius 3 is 2.50 bits per heavy atom. The molecule has 2 aromatic rings. The number of anilines is 2. The van der Waals surface area contributed by atoms with Crippen LogP contribution in [0.25, 0.3) is 0 Å². The first-order chi connectivity index (χ1) is 14.2. The minimum absolute atomic E-state index is 0.0261. The molecule has 162 valence electrons. The molecule has 2 atom stereocenters. The van der Waals surface area contributed by atoms with Crippen LogP contribution in [0.4, 0.5) is 24.5 Å². The first kappa shape index (κ1) is 21.9. The second-order valence-electron chi connectivity index (χ2n) is 7.71. The number of halogens is 3. The minimum atomic E-state index is -4.49. The summed E-state index contributed by atoms with van der Waals surface area (Å²) in [6.45, 7) is 3.80. The van der Waals surface area contributed by atoms with Crippen LogP contribution in [0.2, 0.25) is 0 Å². The van der Waals surface area contributed by atoms with Crippen molar-refractivity contribution in [2.24, 2.45) is 5.92 Å². The number of hydrogen-bond acceptors (Lipinski definition) is 4. The molecule has 1 saturated carbocycles. The van der Waals surface area contributed by atoms with Gasteiger partial charge in [-0.15, -0.1) is 0 Å². The zero-order chi connectivity index (χ0) is 21.9. The van der Waals surface area contributed by atoms with Crippen molar-refractivity contribution in [1.82, 2.24) is 4.98 Å². The van der Waals surface area contributed by atoms with Gasteiger partial charge in [-0.25, -0.2) is 4.98 Å². The van der Waals surface area contributed by atoms with Crippen molar-refractivity contribution >= 4 is 17.3 Å². The number of methoxy groups -OCH3 is 1. The van der Waals surface area contributed by atoms with Crippen LogP contribution in [-0.2, 0) is 6.18 Å². The van der Waals surface area contributed by atoms with Gasteiger partial charge in [0, 0.05) is 17.8 Å². The Balaban J connectivity index is 1.91. The number of pyridine rings is 1. The van der Waals surface area contributed by atoms with Crippen molar-refractivity contribution < 1.29 is 22.7 Å². The lowest BCUT2D eigenvalue weighted by atomic mass is 9.85. The smallest absolute Gasteiger partial charge is 0.416 e. The zero-order valence-electron chi connectivity index (χ0n) is 17.3. The number of alkyl halides is 3. The van der Waals surface area contributed by atoms with Crippen LogP contribution in [-0.4, -0.2) is 24.0 Å². The van der Waals surface area contributed by atoms with Gasteiger partial charge in [-0.05, 0) is 49.9 Å². The van der Waals surface area contributed by atoms with Gasteiger partial charge >= 0.3 is 6.18 Å². The Kier molecular flexibility index (Phi) is 6.53. The third kappa shape index (κ3) is 5.04. The first-order valence-electron chi connectivity index (χ1n) is 10.00. The number of amides is 1. The maximum atomic E-state index is 13.3. The Morgan fingerprint density at radius 2 is 1.87 bits per heavy atom. The quantitative estimate of drug-likeness (QED) is 0.654. The molecule has 1 aromatic carbocycles. The molecular formula is C22H26F3N3O2. The summed E-state index contributed by atoms with van der Waals surface area (Å²) in [5, 5.41) is 5.96. The summed E-state index contributed by atoms with van der Waals surface area (Å²) in [4.78, 5) is 17.1. The Labute approximate surface area is 174 Å². The first-order valence-corrected chi connectivity index (χ1v) is 10.00. The zero-order valence-corrected chi connectivity index (χ0v) is 17.3. The van der Waals surface area contributed by atoms with Gasteiger partial charge in [0.25, 0.3) is 5.91 Å². The lowest BCUT2D eigenvalue weighted by Gasteiger charge is -2.31. The van der Waals surface area contributed by atoms with E-state index in [-0.39, 0.29) is 17.3 Å². The fourth-order valence-corrected chi connectivity index (χ4v) is 3.74. The molecule has 0 spiro atoms. The molecule has 3 rings (SSSR count). The van der Waals surface area contributed by atoms with Crippen LogP contribution < -0.4 is 15.4 Å². The maximum Gasteiger partial charge on any atom is 0.416 e. The van der Waals surface area contributed by atoms with Crippen molar-refractivity contribution in [3.63, 3.8) is 0 Å². The second kappa shape index (κ2) is 8.93. The van der Waals surface area contributed by atoms with Crippen LogP contribution >= 0.6 is 0 Å². The van der Waals surface area contributed by atoms with E-state index in [1.165, 1.54) is 13.2 Å². The molecule has 2 N–H and O–H groups in total. The minimum Gasteiger partial charge on any atom is -0.481 e. The third-order valence-corrected chi connectivity index (χ3v) is 5.56. The summed E-state index contributed by atoms with van der Waals surface area (Å²) in [5.41, 5.74) is 0.589. The van der Waals surface area contributed by atoms with Crippen LogP contribution in [0.15, 0.2) is 30.3 Å². The Hall–Kier alpha value is -2.77. The van der Waals surface area contributed by atoms with Gasteiger partial charge in [0.15, 0.2) is 0 Å². The van der Waals surface area contributed by atoms with E-state index in [1.807, 2.05) is 0 Å². The van der Waals surface area contributed by atoms with E-state index in [0.717, 1.165) is 37.8 Å². The monoisotopic (exact) mass is 421 g/mol. The molecule has 1 fully saturated rings. The molecule has 1 aliphatic carbocycles. The number of carbonyl (C=O) groups is 1. The average molecular weight is 421 g/mol. The van der Waals surface area contributed by atoms with E-state index in [9.17, 15) is 18.0 Å². The van der Waals surface area contributed by atoms with Crippen LogP contribution in [0.1, 0.15) is 54.2 Å². The average Bonchev–Trinajstić information content (AvgIpc) is 2.70. The number of rotatable bonds is 5. The number of nitrogens with zero attached hydrogens (tertiary/aromatic N) is 1. The molecule has 0 saturated heterocycles. The number of hydrogen-bond donors (Lipinski definition) is 2. The summed E-state index contributed by atoms with van der Waals surface area (Å²) in [7, 11) is 1.49. The van der Waals surface area contributed by atoms with Crippen molar-refractivity contribution in [3.8, 4) is 5.88 Å². The van der Waals surface area contributed by atoms with Crippen molar-refractivity contribution in [2.45, 2.75) is 51.7 Å². The normalized spacial score (nSPS) is 19.3. The van der Waals surface area contributed by atoms with Crippen molar-refractivity contribution in [1.29, 1.82) is 0 Å². The van der Waals surface area contributed by atoms with Gasteiger partial charge in [0.1, 0.15) is 0 Å². The Morgan fingerprint density at radius 1 is 1.13 bits per heavy atom. The van der Waals surface area contributed by atoms with Gasteiger partial charge in [0.2, 0.25) is 5.88 Å². The molecule has 5 nitrogen and oxygen atoms in total. The van der Waals surface area contributed by atoms with Gasteiger partial charge in [-0.3, -0.25) is 4.79 Å². The summed E-state index contributed by atoms with van der Waals surface area (Å²) in [6, 6.07) is 6.47. The largest absolute Gasteiger partial charge is 0.481 e. The maximum absolute atomic E-state index is 13.3. The highest BCUT2D eigenvalue weighted by molar-refractivity contribution is 6.08. The van der Waals surface area contributed by atoms with Crippen LogP contribution in [0.3, 0.4) is 0 Å². The van der Waals surface area contributed by atoms with Crippen LogP contribution in [0, 0.1) is 12.8 Å². The van der Waals surface area contributed by atoms with E-state index in [1.54, 1.807) is 19.1 Å². The predicted octanol–water partition coefficient (Wildman–Crippen LogP) is 5.66. The Bertz CT molecular complexity index is 915. The predicted molar refractivity (Wildman–Crippen MR) is 110 cm³/mol. The van der Waals surface area contributed by atoms with Gasteiger partial charge in [-0.1, -0.05) is 19.8 Å². The number of carbonyl (C=O) groups excluding carboxylic acids is 1. The number of nitrogens with one attached hydrogen (secondary N) is 2. The lowest BCUT2D eigenvalue weighted by molar-refractivity contribution is -0.137. The topological polar surface area (TPSA) is 63.2 Å². The van der Waals surface area contributed by atoms with Crippen molar-refractivity contribution in [3.05, 3.63) is 47.2 Å². The van der Waals surface area contributed by atoms with E-state index in [2.05, 4.69) is 22.5 Å². The second-order valence-corrected chi connectivity index (χ2v) is 7.71. The molecule has 0 aliphatic heterocycles. The lowest BCUT2D eigenvalue weighted by Crippen LogP contribution is -2.31. The number of aryl methyl sites for hydroxylation is 1. The standard InChI is InChI=1S/C22H26F3N3O2/c1-13-6-4-5-7-17(13)27-19-12-15(22(23,24)25)8-9-16(19)21(29)28-18-10-11-20(30-3)26-14(18)2/h8-13,17,27H,4-7H2,1-3H3,(H,28,29). The molecule has 2 unspecified atom stereocenters. The molecule has 1 heterocycles. The van der Waals surface area contributed by atoms with Gasteiger partial charge in [0.05, 0.1) is 29.6 Å². The summed E-state index contributed by atoms with van der Waals surface area (Å²) >= 11 is 0. The number of ether oxygens (including phenoxy) is 1. The van der Waals surface area contributed by atoms with Crippen LogP contribution in [0.5, 0.6) is 5.88 Å². The summed E-state index contributed by atoms with van der Waals surface area (Å²) < 4.78 is 44.9. The SMILES string of the molecule is COc1ccc(NC(=O)c2ccc(C(F)(F)F)cc2NC2CCCCC2C)c(C)n1. The summed E-state index contributed by atoms with van der Waals surface area (Å²) in [6.07, 6.45) is -0.493. The molecular weight excluding hydrogens is 395 g/mol. The summed E-state index contributed by atoms with van der Waals surface area (Å²) in [5.74, 6) is 0.232. The molecule has 30 heavy (non-hydrogen) atoms. The number of aromatic nitrogens is 1. The molecule has 0 bridgehead atoms. The van der Waals surface area contributed by atoms with Gasteiger partial charge < -0.3 is 15.4 Å². The highest BCUT2D eigenvalue weighted by Gasteiger charge is 2.32. The highest BCUT2D eigenvalue weighted by Crippen LogP contribution is 2.34. The molecule has 1 aliphatic rings. The van der Waals surface area contributed by atoms with E-state index in [4.69, 9.17) is 4.74 Å². The van der Waals surface area contributed by atoms with E-state index >= 15 is 0 Å². The van der Waals surface area contributed by atoms with E-state index < -0.39 is 17.6 Å². The molecule has 1 amide bonds. The molecule has 8 heteroatoms. The highest BCUT2D eigenvalue weighted by atomic mass is 19.4. The third-order valence-electron chi connectivity index (χ3n) is 5.56. The fraction of sp³-hybridized carbons (Fsp3) is 0.455. The molecule has 0 radical (unpaired) electrons. The number of benzene rings is 1. The van der Waals surface area contributed by atoms with Crippen molar-refractivity contribution in [2.75, 3.05) is 17.7 Å². The van der Waals surface area contributed by atoms with Gasteiger partial charge in [-0.2, -0.15) is 13.2 Å². The van der Waals surface area contributed by atoms with E-state index in [0.29, 0.717) is 23.2 Å². The fourth-order valence-electron chi connectivity index (χ4n) is 3.74.